The number of nitrogens with zero attached hydrogens (tertiary/aromatic N) is 2. The van der Waals surface area contributed by atoms with Gasteiger partial charge in [0.15, 0.2) is 0 Å². The number of piperazine rings is 1. The minimum Gasteiger partial charge on any atom is -0.322 e. The zero-order valence-electron chi connectivity index (χ0n) is 15.0. The molecule has 1 unspecified atom stereocenters. The molecule has 1 atom stereocenters. The van der Waals surface area contributed by atoms with Crippen molar-refractivity contribution in [2.45, 2.75) is 45.6 Å². The Kier molecular flexibility index (Phi) is 5.55. The Labute approximate surface area is 142 Å². The normalized spacial score (nSPS) is 23.3. The second kappa shape index (κ2) is 7.63. The van der Waals surface area contributed by atoms with Crippen molar-refractivity contribution in [1.82, 2.24) is 4.90 Å². The fraction of sp³-hybridized carbons (Fsp3) is 0.619. The lowest BCUT2D eigenvalue weighted by atomic mass is 9.88. The van der Waals surface area contributed by atoms with Crippen LogP contribution in [-0.2, 0) is 0 Å². The van der Waals surface area contributed by atoms with E-state index in [0.29, 0.717) is 6.04 Å². The van der Waals surface area contributed by atoms with Gasteiger partial charge in [0.05, 0.1) is 32.2 Å². The van der Waals surface area contributed by atoms with Gasteiger partial charge < -0.3 is 4.48 Å². The molecule has 1 aliphatic heterocycles. The Hall–Kier alpha value is -1.12. The molecule has 1 saturated heterocycles. The number of hydrogen-bond acceptors (Lipinski definition) is 1. The molecule has 3 rings (SSSR count). The highest BCUT2D eigenvalue weighted by molar-refractivity contribution is 5.29. The summed E-state index contributed by atoms with van der Waals surface area (Å²) in [6.45, 7) is 12.4. The topological polar surface area (TPSA) is 3.24 Å². The Bertz CT molecular complexity index is 506. The van der Waals surface area contributed by atoms with Crippen molar-refractivity contribution >= 4 is 0 Å². The van der Waals surface area contributed by atoms with Gasteiger partial charge in [-0.05, 0) is 45.1 Å². The molecule has 2 aliphatic rings. The van der Waals surface area contributed by atoms with E-state index in [2.05, 4.69) is 55.2 Å². The first-order valence-electron chi connectivity index (χ1n) is 9.61. The number of benzene rings is 1. The second-order valence-electron chi connectivity index (χ2n) is 7.30. The Morgan fingerprint density at radius 2 is 1.70 bits per heavy atom. The minimum atomic E-state index is 0.521. The van der Waals surface area contributed by atoms with E-state index in [4.69, 9.17) is 0 Å². The molecule has 1 aromatic rings. The summed E-state index contributed by atoms with van der Waals surface area (Å²) in [5, 5.41) is 0. The van der Waals surface area contributed by atoms with Gasteiger partial charge in [0.25, 0.3) is 0 Å². The van der Waals surface area contributed by atoms with Gasteiger partial charge in [-0.3, -0.25) is 4.90 Å². The third-order valence-electron chi connectivity index (χ3n) is 6.22. The maximum absolute atomic E-state index is 2.76. The molecule has 0 aromatic heterocycles. The lowest BCUT2D eigenvalue weighted by molar-refractivity contribution is -0.929. The average Bonchev–Trinajstić information content (AvgIpc) is 2.65. The van der Waals surface area contributed by atoms with Gasteiger partial charge in [-0.1, -0.05) is 42.0 Å². The largest absolute Gasteiger partial charge is 0.322 e. The van der Waals surface area contributed by atoms with Gasteiger partial charge in [0.2, 0.25) is 0 Å². The molecule has 1 heterocycles. The Morgan fingerprint density at radius 1 is 1.00 bits per heavy atom. The molecule has 2 heteroatoms. The maximum atomic E-state index is 2.76. The van der Waals surface area contributed by atoms with Crippen molar-refractivity contribution < 1.29 is 4.48 Å². The molecule has 0 N–H and O–H groups in total. The molecule has 1 aromatic carbocycles. The smallest absolute Gasteiger partial charge is 0.0916 e. The van der Waals surface area contributed by atoms with E-state index in [1.165, 1.54) is 75.0 Å². The molecular weight excluding hydrogens is 280 g/mol. The van der Waals surface area contributed by atoms with Gasteiger partial charge in [-0.15, -0.1) is 0 Å². The predicted octanol–water partition coefficient (Wildman–Crippen LogP) is 4.40. The lowest BCUT2D eigenvalue weighted by Gasteiger charge is -2.46. The van der Waals surface area contributed by atoms with Crippen molar-refractivity contribution in [1.29, 1.82) is 0 Å². The van der Waals surface area contributed by atoms with Gasteiger partial charge in [0, 0.05) is 13.1 Å². The van der Waals surface area contributed by atoms with E-state index in [-0.39, 0.29) is 0 Å². The highest BCUT2D eigenvalue weighted by Gasteiger charge is 2.34. The van der Waals surface area contributed by atoms with Gasteiger partial charge >= 0.3 is 0 Å². The first-order chi connectivity index (χ1) is 11.3. The van der Waals surface area contributed by atoms with Crippen molar-refractivity contribution in [3.8, 4) is 0 Å². The highest BCUT2D eigenvalue weighted by atomic mass is 15.4. The van der Waals surface area contributed by atoms with Crippen molar-refractivity contribution in [3.05, 3.63) is 47.5 Å². The van der Waals surface area contributed by atoms with Crippen molar-refractivity contribution in [2.75, 3.05) is 39.3 Å². The van der Waals surface area contributed by atoms with Crippen LogP contribution in [0.1, 0.15) is 51.1 Å². The Morgan fingerprint density at radius 3 is 2.26 bits per heavy atom. The van der Waals surface area contributed by atoms with E-state index in [0.717, 1.165) is 0 Å². The number of hydrogen-bond donors (Lipinski definition) is 0. The zero-order valence-corrected chi connectivity index (χ0v) is 15.0. The second-order valence-corrected chi connectivity index (χ2v) is 7.30. The molecule has 0 radical (unpaired) electrons. The quantitative estimate of drug-likeness (QED) is 0.575. The summed E-state index contributed by atoms with van der Waals surface area (Å²) in [4.78, 5) is 2.76. The van der Waals surface area contributed by atoms with E-state index >= 15 is 0 Å². The number of likely N-dealkylation sites (N-methyl/N-ethyl adjacent to an activating group) is 1. The molecular formula is C21H33N2+. The molecule has 1 aliphatic carbocycles. The molecule has 0 amide bonds. The number of allylic oxidation sites excluding steroid dienone is 1. The summed E-state index contributed by atoms with van der Waals surface area (Å²) < 4.78 is 1.30. The molecule has 126 valence electrons. The third kappa shape index (κ3) is 3.70. The summed E-state index contributed by atoms with van der Waals surface area (Å²) >= 11 is 0. The summed E-state index contributed by atoms with van der Waals surface area (Å²) in [5.41, 5.74) is 3.17. The Balaban J connectivity index is 1.81. The first kappa shape index (κ1) is 16.7. The van der Waals surface area contributed by atoms with E-state index in [1.807, 2.05) is 0 Å². The molecule has 2 nitrogen and oxygen atoms in total. The minimum absolute atomic E-state index is 0.521. The van der Waals surface area contributed by atoms with Crippen LogP contribution in [0.25, 0.3) is 0 Å². The lowest BCUT2D eigenvalue weighted by Crippen LogP contribution is -2.59. The van der Waals surface area contributed by atoms with Crippen LogP contribution >= 0.6 is 0 Å². The summed E-state index contributed by atoms with van der Waals surface area (Å²) in [7, 11) is 0. The molecule has 0 bridgehead atoms. The van der Waals surface area contributed by atoms with Gasteiger partial charge in [-0.2, -0.15) is 0 Å². The van der Waals surface area contributed by atoms with Crippen LogP contribution in [0.2, 0.25) is 0 Å². The fourth-order valence-electron chi connectivity index (χ4n) is 4.43. The SMILES string of the molecule is CC[N+]1(CC)CCN(C(C2=CCCCC2)c2ccccc2)CC1. The van der Waals surface area contributed by atoms with E-state index in [9.17, 15) is 0 Å². The van der Waals surface area contributed by atoms with E-state index in [1.54, 1.807) is 5.57 Å². The van der Waals surface area contributed by atoms with E-state index < -0.39 is 0 Å². The van der Waals surface area contributed by atoms with Crippen LogP contribution in [0.5, 0.6) is 0 Å². The van der Waals surface area contributed by atoms with Crippen molar-refractivity contribution in [2.24, 2.45) is 0 Å². The van der Waals surface area contributed by atoms with Crippen molar-refractivity contribution in [3.63, 3.8) is 0 Å². The summed E-state index contributed by atoms with van der Waals surface area (Å²) in [6.07, 6.45) is 7.84. The molecule has 0 saturated carbocycles. The van der Waals surface area contributed by atoms with Crippen LogP contribution < -0.4 is 0 Å². The van der Waals surface area contributed by atoms with Crippen LogP contribution in [0.4, 0.5) is 0 Å². The van der Waals surface area contributed by atoms with Crippen LogP contribution in [0.3, 0.4) is 0 Å². The van der Waals surface area contributed by atoms with Crippen LogP contribution in [-0.4, -0.2) is 48.7 Å². The fourth-order valence-corrected chi connectivity index (χ4v) is 4.43. The highest BCUT2D eigenvalue weighted by Crippen LogP contribution is 2.35. The summed E-state index contributed by atoms with van der Waals surface area (Å²) in [6, 6.07) is 11.7. The van der Waals surface area contributed by atoms with Crippen LogP contribution in [0, 0.1) is 0 Å². The standard InChI is InChI=1S/C21H33N2/c1-3-23(4-2)17-15-22(16-18-23)21(19-11-7-5-8-12-19)20-13-9-6-10-14-20/h5,7-8,11-13,21H,3-4,6,9-10,14-18H2,1-2H3/q+1. The molecule has 23 heavy (non-hydrogen) atoms. The number of quaternary nitrogens is 1. The zero-order chi connectivity index (χ0) is 16.1. The molecule has 1 fully saturated rings. The monoisotopic (exact) mass is 313 g/mol. The number of rotatable bonds is 5. The predicted molar refractivity (Wildman–Crippen MR) is 98.4 cm³/mol. The average molecular weight is 314 g/mol. The third-order valence-corrected chi connectivity index (χ3v) is 6.22. The van der Waals surface area contributed by atoms with Gasteiger partial charge in [-0.25, -0.2) is 0 Å². The maximum Gasteiger partial charge on any atom is 0.0916 e. The summed E-state index contributed by atoms with van der Waals surface area (Å²) in [5.74, 6) is 0. The van der Waals surface area contributed by atoms with Crippen LogP contribution in [0.15, 0.2) is 42.0 Å². The van der Waals surface area contributed by atoms with Gasteiger partial charge in [0.1, 0.15) is 0 Å². The molecule has 0 spiro atoms. The first-order valence-corrected chi connectivity index (χ1v) is 9.61.